The summed E-state index contributed by atoms with van der Waals surface area (Å²) < 4.78 is 38.4. The molecule has 0 saturated carbocycles. The molecule has 0 radical (unpaired) electrons. The van der Waals surface area contributed by atoms with Gasteiger partial charge in [-0.1, -0.05) is 11.6 Å². The van der Waals surface area contributed by atoms with E-state index in [-0.39, 0.29) is 23.9 Å². The van der Waals surface area contributed by atoms with E-state index in [0.717, 1.165) is 0 Å². The van der Waals surface area contributed by atoms with Crippen molar-refractivity contribution in [3.05, 3.63) is 35.5 Å². The molecule has 11 nitrogen and oxygen atoms in total. The Kier molecular flexibility index (Phi) is 7.16. The fraction of sp³-hybridized carbons (Fsp3) is 0.526. The minimum absolute atomic E-state index is 0.0906. The molecule has 0 fully saturated rings. The van der Waals surface area contributed by atoms with Crippen LogP contribution in [0.5, 0.6) is 0 Å². The van der Waals surface area contributed by atoms with Gasteiger partial charge in [-0.3, -0.25) is 14.0 Å². The number of halogens is 1. The zero-order valence-electron chi connectivity index (χ0n) is 18.8. The van der Waals surface area contributed by atoms with Crippen LogP contribution in [0.15, 0.2) is 24.7 Å². The molecule has 0 bridgehead atoms. The van der Waals surface area contributed by atoms with E-state index in [2.05, 4.69) is 30.0 Å². The van der Waals surface area contributed by atoms with E-state index in [1.165, 1.54) is 19.3 Å². The molecule has 0 aliphatic heterocycles. The number of hydrogen-bond acceptors (Lipinski definition) is 8. The zero-order valence-corrected chi connectivity index (χ0v) is 20.3. The lowest BCUT2D eigenvalue weighted by Gasteiger charge is -2.25. The molecule has 3 aromatic rings. The molecule has 2 atom stereocenters. The van der Waals surface area contributed by atoms with Crippen molar-refractivity contribution in [1.82, 2.24) is 34.5 Å². The average molecular weight is 483 g/mol. The summed E-state index contributed by atoms with van der Waals surface area (Å²) in [5.41, 5.74) is 0.586. The van der Waals surface area contributed by atoms with Crippen molar-refractivity contribution in [2.75, 3.05) is 4.72 Å². The molecule has 13 heteroatoms. The largest absolute Gasteiger partial charge is 0.366 e. The molecule has 0 unspecified atom stereocenters. The first-order chi connectivity index (χ1) is 15.0. The van der Waals surface area contributed by atoms with Crippen LogP contribution in [-0.2, 0) is 21.8 Å². The maximum Gasteiger partial charge on any atom is 0.240 e. The third-order valence-corrected chi connectivity index (χ3v) is 6.51. The molecular formula is C19H27ClN8O3S. The number of aryl methyl sites for hydroxylation is 1. The summed E-state index contributed by atoms with van der Waals surface area (Å²) in [5, 5.41) is 11.9. The Morgan fingerprint density at radius 2 is 1.75 bits per heavy atom. The van der Waals surface area contributed by atoms with E-state index in [0.29, 0.717) is 16.5 Å². The van der Waals surface area contributed by atoms with Crippen LogP contribution in [0, 0.1) is 0 Å². The highest BCUT2D eigenvalue weighted by Crippen LogP contribution is 2.29. The first-order valence-electron chi connectivity index (χ1n) is 10.1. The second kappa shape index (κ2) is 9.51. The minimum Gasteiger partial charge on any atom is -0.366 e. The van der Waals surface area contributed by atoms with Gasteiger partial charge in [-0.25, -0.2) is 18.4 Å². The number of anilines is 1. The number of hydrogen-bond donors (Lipinski definition) is 1. The highest BCUT2D eigenvalue weighted by Gasteiger charge is 2.35. The molecule has 1 N–H and O–H groups in total. The zero-order chi connectivity index (χ0) is 23.6. The topological polar surface area (TPSA) is 130 Å². The Labute approximate surface area is 192 Å². The summed E-state index contributed by atoms with van der Waals surface area (Å²) in [7, 11) is -2.18. The van der Waals surface area contributed by atoms with E-state index in [1.54, 1.807) is 28.6 Å². The lowest BCUT2D eigenvalue weighted by molar-refractivity contribution is 0.00154. The summed E-state index contributed by atoms with van der Waals surface area (Å²) in [5.74, 6) is 0.773. The molecule has 0 amide bonds. The third kappa shape index (κ3) is 5.25. The third-order valence-electron chi connectivity index (χ3n) is 4.62. The molecule has 3 rings (SSSR count). The van der Waals surface area contributed by atoms with Crippen LogP contribution in [0.4, 0.5) is 5.95 Å². The van der Waals surface area contributed by atoms with Crippen molar-refractivity contribution in [3.8, 4) is 11.5 Å². The first kappa shape index (κ1) is 24.1. The summed E-state index contributed by atoms with van der Waals surface area (Å²) in [6.45, 7) is 8.96. The molecule has 3 heterocycles. The number of ether oxygens (including phenoxy) is 1. The van der Waals surface area contributed by atoms with Gasteiger partial charge in [0.25, 0.3) is 0 Å². The van der Waals surface area contributed by atoms with Gasteiger partial charge >= 0.3 is 0 Å². The Morgan fingerprint density at radius 1 is 1.09 bits per heavy atom. The van der Waals surface area contributed by atoms with Gasteiger partial charge in [0.1, 0.15) is 17.0 Å². The molecule has 3 aromatic heterocycles. The van der Waals surface area contributed by atoms with E-state index in [4.69, 9.17) is 16.3 Å². The summed E-state index contributed by atoms with van der Waals surface area (Å²) >= 11 is 5.88. The van der Waals surface area contributed by atoms with Crippen LogP contribution in [0.1, 0.15) is 52.6 Å². The summed E-state index contributed by atoms with van der Waals surface area (Å²) in [6.07, 6.45) is 3.41. The van der Waals surface area contributed by atoms with Crippen LogP contribution in [0.3, 0.4) is 0 Å². The van der Waals surface area contributed by atoms with Gasteiger partial charge in [0.2, 0.25) is 16.0 Å². The van der Waals surface area contributed by atoms with Crippen molar-refractivity contribution in [3.63, 3.8) is 0 Å². The lowest BCUT2D eigenvalue weighted by Crippen LogP contribution is -2.35. The molecule has 0 aliphatic carbocycles. The standard InChI is InChI=1S/C19H27ClN8O3S/c1-11(2)28-18(15-7-8-27(6)25-15)23-24-19(28)26-32(29,30)13(5)16(31-12(3)4)17-21-9-14(20)10-22-17/h7-13,16H,1-6H3,(H,24,26)/t13-,16+/m0/s1. The maximum absolute atomic E-state index is 13.3. The lowest BCUT2D eigenvalue weighted by atomic mass is 10.2. The quantitative estimate of drug-likeness (QED) is 0.492. The first-order valence-corrected chi connectivity index (χ1v) is 12.0. The van der Waals surface area contributed by atoms with Gasteiger partial charge in [0.15, 0.2) is 11.6 Å². The Bertz CT molecular complexity index is 1160. The number of aromatic nitrogens is 7. The Balaban J connectivity index is 1.95. The summed E-state index contributed by atoms with van der Waals surface area (Å²) in [4.78, 5) is 8.32. The highest BCUT2D eigenvalue weighted by molar-refractivity contribution is 7.93. The fourth-order valence-corrected chi connectivity index (χ4v) is 4.27. The predicted molar refractivity (Wildman–Crippen MR) is 121 cm³/mol. The predicted octanol–water partition coefficient (Wildman–Crippen LogP) is 3.00. The van der Waals surface area contributed by atoms with E-state index in [9.17, 15) is 8.42 Å². The molecule has 0 spiro atoms. The molecule has 0 saturated heterocycles. The Morgan fingerprint density at radius 3 is 2.28 bits per heavy atom. The molecule has 0 aliphatic rings. The minimum atomic E-state index is -3.97. The van der Waals surface area contributed by atoms with Gasteiger partial charge < -0.3 is 4.74 Å². The van der Waals surface area contributed by atoms with Crippen LogP contribution in [-0.4, -0.2) is 54.3 Å². The molecule has 0 aromatic carbocycles. The second-order valence-corrected chi connectivity index (χ2v) is 10.4. The monoisotopic (exact) mass is 482 g/mol. The molecule has 32 heavy (non-hydrogen) atoms. The fourth-order valence-electron chi connectivity index (χ4n) is 3.09. The van der Waals surface area contributed by atoms with Crippen LogP contribution in [0.2, 0.25) is 5.02 Å². The van der Waals surface area contributed by atoms with Gasteiger partial charge in [-0.2, -0.15) is 5.10 Å². The van der Waals surface area contributed by atoms with Crippen molar-refractivity contribution in [2.24, 2.45) is 7.05 Å². The van der Waals surface area contributed by atoms with Crippen LogP contribution < -0.4 is 4.72 Å². The van der Waals surface area contributed by atoms with Crippen molar-refractivity contribution in [1.29, 1.82) is 0 Å². The van der Waals surface area contributed by atoms with Gasteiger partial charge in [-0.15, -0.1) is 10.2 Å². The van der Waals surface area contributed by atoms with Gasteiger partial charge in [0, 0.05) is 31.7 Å². The molecular weight excluding hydrogens is 456 g/mol. The Hall–Kier alpha value is -2.57. The number of sulfonamides is 1. The number of nitrogens with zero attached hydrogens (tertiary/aromatic N) is 7. The van der Waals surface area contributed by atoms with E-state index < -0.39 is 21.4 Å². The van der Waals surface area contributed by atoms with E-state index >= 15 is 0 Å². The summed E-state index contributed by atoms with van der Waals surface area (Å²) in [6, 6.07) is 1.66. The average Bonchev–Trinajstić information content (AvgIpc) is 3.32. The van der Waals surface area contributed by atoms with Crippen molar-refractivity contribution >= 4 is 27.6 Å². The van der Waals surface area contributed by atoms with Crippen molar-refractivity contribution in [2.45, 2.75) is 58.1 Å². The van der Waals surface area contributed by atoms with Gasteiger partial charge in [0.05, 0.1) is 11.1 Å². The van der Waals surface area contributed by atoms with Crippen LogP contribution in [0.25, 0.3) is 11.5 Å². The molecule has 174 valence electrons. The second-order valence-electron chi connectivity index (χ2n) is 7.90. The van der Waals surface area contributed by atoms with Gasteiger partial charge in [-0.05, 0) is 40.7 Å². The van der Waals surface area contributed by atoms with Crippen LogP contribution >= 0.6 is 11.6 Å². The smallest absolute Gasteiger partial charge is 0.240 e. The highest BCUT2D eigenvalue weighted by atomic mass is 35.5. The number of nitrogens with one attached hydrogen (secondary N) is 1. The SMILES string of the molecule is CC(C)O[C@@H](c1ncc(Cl)cn1)[C@H](C)S(=O)(=O)Nc1nnc(-c2ccn(C)n2)n1C(C)C. The number of rotatable bonds is 9. The van der Waals surface area contributed by atoms with E-state index in [1.807, 2.05) is 27.7 Å². The normalized spacial score (nSPS) is 14.2. The maximum atomic E-state index is 13.3. The van der Waals surface area contributed by atoms with Crippen molar-refractivity contribution < 1.29 is 13.2 Å².